The Labute approximate surface area is 151 Å². The summed E-state index contributed by atoms with van der Waals surface area (Å²) in [7, 11) is 0. The van der Waals surface area contributed by atoms with E-state index in [-0.39, 0.29) is 12.2 Å². The van der Waals surface area contributed by atoms with Gasteiger partial charge in [0.1, 0.15) is 6.07 Å². The van der Waals surface area contributed by atoms with Crippen molar-refractivity contribution in [2.75, 3.05) is 6.61 Å². The first kappa shape index (κ1) is 17.4. The smallest absolute Gasteiger partial charge is 0.340 e. The van der Waals surface area contributed by atoms with Gasteiger partial charge < -0.3 is 9.47 Å². The maximum Gasteiger partial charge on any atom is 0.340 e. The van der Waals surface area contributed by atoms with Gasteiger partial charge in [-0.15, -0.1) is 0 Å². The molecule has 5 nitrogen and oxygen atoms in total. The summed E-state index contributed by atoms with van der Waals surface area (Å²) in [6.45, 7) is 5.73. The summed E-state index contributed by atoms with van der Waals surface area (Å²) >= 11 is 0. The normalized spacial score (nSPS) is 19.0. The molecule has 2 atom stereocenters. The second-order valence-corrected chi connectivity index (χ2v) is 5.87. The Kier molecular flexibility index (Phi) is 4.59. The molecule has 0 saturated carbocycles. The van der Waals surface area contributed by atoms with Crippen LogP contribution in [-0.2, 0) is 19.9 Å². The third-order valence-electron chi connectivity index (χ3n) is 4.39. The fourth-order valence-electron chi connectivity index (χ4n) is 3.27. The molecule has 0 radical (unpaired) electrons. The van der Waals surface area contributed by atoms with Crippen molar-refractivity contribution in [3.05, 3.63) is 83.4 Å². The summed E-state index contributed by atoms with van der Waals surface area (Å²) in [6.07, 6.45) is 0. The Morgan fingerprint density at radius 3 is 2.54 bits per heavy atom. The molecular formula is C21H17NO4. The lowest BCUT2D eigenvalue weighted by molar-refractivity contribution is -0.139. The SMILES string of the molecule is C=C(C(=O)OCC)[C@H](c1ccccc1)[C@]1(C#N)OC(=O)c2ccccc21. The lowest BCUT2D eigenvalue weighted by atomic mass is 9.74. The third kappa shape index (κ3) is 2.66. The van der Waals surface area contributed by atoms with Gasteiger partial charge in [0.15, 0.2) is 0 Å². The van der Waals surface area contributed by atoms with Crippen LogP contribution in [-0.4, -0.2) is 18.5 Å². The molecule has 0 bridgehead atoms. The zero-order valence-electron chi connectivity index (χ0n) is 14.3. The Balaban J connectivity index is 2.22. The molecule has 0 amide bonds. The van der Waals surface area contributed by atoms with Crippen LogP contribution in [0.15, 0.2) is 66.7 Å². The number of nitrogens with zero attached hydrogens (tertiary/aromatic N) is 1. The summed E-state index contributed by atoms with van der Waals surface area (Å²) in [6, 6.07) is 17.7. The minimum atomic E-state index is -1.68. The number of cyclic esters (lactones) is 1. The van der Waals surface area contributed by atoms with Crippen molar-refractivity contribution < 1.29 is 19.1 Å². The summed E-state index contributed by atoms with van der Waals surface area (Å²) in [5, 5.41) is 10.1. The average molecular weight is 347 g/mol. The first-order chi connectivity index (χ1) is 12.5. The van der Waals surface area contributed by atoms with Gasteiger partial charge in [0.2, 0.25) is 5.60 Å². The molecule has 1 aliphatic rings. The number of rotatable bonds is 5. The molecule has 2 aromatic carbocycles. The topological polar surface area (TPSA) is 76.4 Å². The Bertz CT molecular complexity index is 913. The number of hydrogen-bond acceptors (Lipinski definition) is 5. The number of benzene rings is 2. The van der Waals surface area contributed by atoms with E-state index >= 15 is 0 Å². The van der Waals surface area contributed by atoms with Crippen LogP contribution in [0.5, 0.6) is 0 Å². The Morgan fingerprint density at radius 1 is 1.23 bits per heavy atom. The van der Waals surface area contributed by atoms with Crippen molar-refractivity contribution in [2.24, 2.45) is 0 Å². The predicted molar refractivity (Wildman–Crippen MR) is 94.1 cm³/mol. The van der Waals surface area contributed by atoms with Gasteiger partial charge in [0, 0.05) is 11.1 Å². The Hall–Kier alpha value is -3.39. The lowest BCUT2D eigenvalue weighted by Crippen LogP contribution is -2.35. The standard InChI is InChI=1S/C21H17NO4/c1-3-25-19(23)14(2)18(15-9-5-4-6-10-15)21(13-22)17-12-8-7-11-16(17)20(24)26-21/h4-12,18H,2-3H2,1H3/t18-,21-/m1/s1. The highest BCUT2D eigenvalue weighted by Gasteiger charge is 2.54. The quantitative estimate of drug-likeness (QED) is 0.611. The zero-order chi connectivity index (χ0) is 18.7. The number of nitriles is 1. The van der Waals surface area contributed by atoms with Gasteiger partial charge in [-0.2, -0.15) is 5.26 Å². The number of hydrogen-bond donors (Lipinski definition) is 0. The number of esters is 2. The van der Waals surface area contributed by atoms with E-state index in [1.807, 2.05) is 6.07 Å². The molecule has 0 aliphatic carbocycles. The lowest BCUT2D eigenvalue weighted by Gasteiger charge is -2.31. The maximum atomic E-state index is 12.4. The fourth-order valence-corrected chi connectivity index (χ4v) is 3.27. The molecule has 0 spiro atoms. The van der Waals surface area contributed by atoms with E-state index in [1.54, 1.807) is 55.5 Å². The number of carbonyl (C=O) groups is 2. The van der Waals surface area contributed by atoms with Crippen LogP contribution >= 0.6 is 0 Å². The second kappa shape index (κ2) is 6.85. The van der Waals surface area contributed by atoms with Crippen molar-refractivity contribution in [1.82, 2.24) is 0 Å². The molecule has 5 heteroatoms. The van der Waals surface area contributed by atoms with Gasteiger partial charge >= 0.3 is 11.9 Å². The van der Waals surface area contributed by atoms with Crippen LogP contribution in [0.4, 0.5) is 0 Å². The van der Waals surface area contributed by atoms with Crippen LogP contribution in [0.25, 0.3) is 0 Å². The number of ether oxygens (including phenoxy) is 2. The van der Waals surface area contributed by atoms with E-state index < -0.39 is 23.5 Å². The molecule has 3 rings (SSSR count). The van der Waals surface area contributed by atoms with Crippen molar-refractivity contribution in [3.8, 4) is 6.07 Å². The van der Waals surface area contributed by atoms with Gasteiger partial charge in [0.25, 0.3) is 0 Å². The number of fused-ring (bicyclic) bond motifs is 1. The highest BCUT2D eigenvalue weighted by Crippen LogP contribution is 2.49. The predicted octanol–water partition coefficient (Wildman–Crippen LogP) is 3.48. The summed E-state index contributed by atoms with van der Waals surface area (Å²) in [5.74, 6) is -2.11. The summed E-state index contributed by atoms with van der Waals surface area (Å²) in [5.41, 5.74) is -0.252. The Morgan fingerprint density at radius 2 is 1.88 bits per heavy atom. The molecular weight excluding hydrogens is 330 g/mol. The largest absolute Gasteiger partial charge is 0.463 e. The van der Waals surface area contributed by atoms with Crippen LogP contribution < -0.4 is 0 Å². The van der Waals surface area contributed by atoms with Gasteiger partial charge in [0.05, 0.1) is 18.1 Å². The van der Waals surface area contributed by atoms with Gasteiger partial charge in [-0.1, -0.05) is 55.1 Å². The van der Waals surface area contributed by atoms with Crippen molar-refractivity contribution >= 4 is 11.9 Å². The van der Waals surface area contributed by atoms with Gasteiger partial charge in [-0.3, -0.25) is 0 Å². The molecule has 0 aromatic heterocycles. The zero-order valence-corrected chi connectivity index (χ0v) is 14.3. The maximum absolute atomic E-state index is 12.4. The molecule has 26 heavy (non-hydrogen) atoms. The molecule has 2 aromatic rings. The molecule has 0 N–H and O–H groups in total. The number of carbonyl (C=O) groups excluding carboxylic acids is 2. The third-order valence-corrected chi connectivity index (χ3v) is 4.39. The average Bonchev–Trinajstić information content (AvgIpc) is 2.96. The second-order valence-electron chi connectivity index (χ2n) is 5.87. The molecule has 0 saturated heterocycles. The van der Waals surface area contributed by atoms with Crippen molar-refractivity contribution in [3.63, 3.8) is 0 Å². The fraction of sp³-hybridized carbons (Fsp3) is 0.190. The van der Waals surface area contributed by atoms with Gasteiger partial charge in [-0.25, -0.2) is 9.59 Å². The summed E-state index contributed by atoms with van der Waals surface area (Å²) < 4.78 is 10.6. The first-order valence-corrected chi connectivity index (χ1v) is 8.20. The van der Waals surface area contributed by atoms with Crippen molar-refractivity contribution in [2.45, 2.75) is 18.4 Å². The van der Waals surface area contributed by atoms with Crippen LogP contribution in [0.3, 0.4) is 0 Å². The summed E-state index contributed by atoms with van der Waals surface area (Å²) in [4.78, 5) is 24.8. The van der Waals surface area contributed by atoms with E-state index in [1.165, 1.54) is 0 Å². The molecule has 1 heterocycles. The molecule has 0 fully saturated rings. The van der Waals surface area contributed by atoms with Crippen LogP contribution in [0, 0.1) is 11.3 Å². The van der Waals surface area contributed by atoms with E-state index in [4.69, 9.17) is 9.47 Å². The molecule has 0 unspecified atom stereocenters. The van der Waals surface area contributed by atoms with E-state index in [2.05, 4.69) is 12.6 Å². The van der Waals surface area contributed by atoms with Crippen molar-refractivity contribution in [1.29, 1.82) is 5.26 Å². The van der Waals surface area contributed by atoms with E-state index in [9.17, 15) is 14.9 Å². The van der Waals surface area contributed by atoms with Gasteiger partial charge in [-0.05, 0) is 18.6 Å². The first-order valence-electron chi connectivity index (χ1n) is 8.20. The minimum absolute atomic E-state index is 0.0594. The van der Waals surface area contributed by atoms with E-state index in [0.717, 1.165) is 0 Å². The highest BCUT2D eigenvalue weighted by molar-refractivity contribution is 5.97. The molecule has 1 aliphatic heterocycles. The monoisotopic (exact) mass is 347 g/mol. The van der Waals surface area contributed by atoms with E-state index in [0.29, 0.717) is 16.7 Å². The molecule has 130 valence electrons. The minimum Gasteiger partial charge on any atom is -0.463 e. The van der Waals surface area contributed by atoms with Crippen LogP contribution in [0.1, 0.15) is 34.3 Å². The highest BCUT2D eigenvalue weighted by atomic mass is 16.6. The van der Waals surface area contributed by atoms with Crippen LogP contribution in [0.2, 0.25) is 0 Å².